The molecule has 0 unspecified atom stereocenters. The van der Waals surface area contributed by atoms with E-state index in [1.807, 2.05) is 26.8 Å². The van der Waals surface area contributed by atoms with Crippen LogP contribution >= 0.6 is 0 Å². The summed E-state index contributed by atoms with van der Waals surface area (Å²) in [5.74, 6) is 1.31. The minimum absolute atomic E-state index is 0.224. The van der Waals surface area contributed by atoms with Crippen molar-refractivity contribution >= 4 is 0 Å². The Morgan fingerprint density at radius 3 is 2.76 bits per heavy atom. The van der Waals surface area contributed by atoms with Crippen LogP contribution in [0.25, 0.3) is 11.4 Å². The maximum Gasteiger partial charge on any atom is 0.244 e. The van der Waals surface area contributed by atoms with Gasteiger partial charge in [-0.2, -0.15) is 4.98 Å². The van der Waals surface area contributed by atoms with Gasteiger partial charge in [-0.15, -0.1) is 0 Å². The third-order valence-corrected chi connectivity index (χ3v) is 2.71. The Bertz CT molecular complexity index is 507. The number of nitrogens with two attached hydrogens (primary N) is 1. The van der Waals surface area contributed by atoms with E-state index in [1.54, 1.807) is 12.4 Å². The van der Waals surface area contributed by atoms with E-state index in [4.69, 9.17) is 10.3 Å². The van der Waals surface area contributed by atoms with Crippen molar-refractivity contribution in [2.45, 2.75) is 26.8 Å². The highest BCUT2D eigenvalue weighted by molar-refractivity contribution is 5.57. The molecule has 2 N–H and O–H groups in total. The maximum absolute atomic E-state index is 5.96. The summed E-state index contributed by atoms with van der Waals surface area (Å²) < 4.78 is 5.19. The van der Waals surface area contributed by atoms with Crippen molar-refractivity contribution < 1.29 is 4.52 Å². The van der Waals surface area contributed by atoms with Crippen LogP contribution in [0.15, 0.2) is 23.0 Å². The van der Waals surface area contributed by atoms with Gasteiger partial charge in [-0.3, -0.25) is 4.98 Å². The molecule has 0 fully saturated rings. The Labute approximate surface area is 100 Å². The van der Waals surface area contributed by atoms with Crippen molar-refractivity contribution in [2.24, 2.45) is 11.7 Å². The molecule has 90 valence electrons. The van der Waals surface area contributed by atoms with Crippen LogP contribution in [0.4, 0.5) is 0 Å². The van der Waals surface area contributed by atoms with E-state index < -0.39 is 0 Å². The fourth-order valence-electron chi connectivity index (χ4n) is 1.49. The van der Waals surface area contributed by atoms with E-state index >= 15 is 0 Å². The average Bonchev–Trinajstić information content (AvgIpc) is 2.77. The Hall–Kier alpha value is -1.75. The second-order valence-electron chi connectivity index (χ2n) is 4.42. The highest BCUT2D eigenvalue weighted by Crippen LogP contribution is 2.22. The summed E-state index contributed by atoms with van der Waals surface area (Å²) >= 11 is 0. The molecule has 2 rings (SSSR count). The van der Waals surface area contributed by atoms with Crippen LogP contribution in [-0.2, 0) is 0 Å². The predicted octanol–water partition coefficient (Wildman–Crippen LogP) is 2.10. The summed E-state index contributed by atoms with van der Waals surface area (Å²) in [4.78, 5) is 8.36. The molecule has 2 aromatic rings. The van der Waals surface area contributed by atoms with Gasteiger partial charge in [-0.05, 0) is 24.5 Å². The number of aryl methyl sites for hydroxylation is 1. The molecule has 17 heavy (non-hydrogen) atoms. The monoisotopic (exact) mass is 232 g/mol. The largest absolute Gasteiger partial charge is 0.337 e. The molecular weight excluding hydrogens is 216 g/mol. The summed E-state index contributed by atoms with van der Waals surface area (Å²) in [6.45, 7) is 6.00. The number of nitrogens with zero attached hydrogens (tertiary/aromatic N) is 3. The second-order valence-corrected chi connectivity index (χ2v) is 4.42. The Kier molecular flexibility index (Phi) is 3.19. The van der Waals surface area contributed by atoms with Gasteiger partial charge in [-0.25, -0.2) is 0 Å². The van der Waals surface area contributed by atoms with Crippen LogP contribution in [0.1, 0.15) is 31.3 Å². The lowest BCUT2D eigenvalue weighted by Gasteiger charge is -2.09. The van der Waals surface area contributed by atoms with E-state index in [-0.39, 0.29) is 12.0 Å². The molecular formula is C12H16N4O. The zero-order chi connectivity index (χ0) is 12.4. The molecule has 0 amide bonds. The average molecular weight is 232 g/mol. The van der Waals surface area contributed by atoms with Gasteiger partial charge in [0.25, 0.3) is 0 Å². The molecule has 0 bridgehead atoms. The summed E-state index contributed by atoms with van der Waals surface area (Å²) in [5, 5.41) is 3.96. The predicted molar refractivity (Wildman–Crippen MR) is 64.0 cm³/mol. The van der Waals surface area contributed by atoms with Crippen LogP contribution in [0, 0.1) is 12.8 Å². The molecule has 0 radical (unpaired) electrons. The fourth-order valence-corrected chi connectivity index (χ4v) is 1.49. The van der Waals surface area contributed by atoms with Gasteiger partial charge in [0.1, 0.15) is 0 Å². The van der Waals surface area contributed by atoms with Gasteiger partial charge in [0, 0.05) is 18.0 Å². The van der Waals surface area contributed by atoms with Crippen LogP contribution < -0.4 is 5.73 Å². The molecule has 5 nitrogen and oxygen atoms in total. The number of pyridine rings is 1. The molecule has 0 aromatic carbocycles. The Morgan fingerprint density at radius 2 is 2.12 bits per heavy atom. The van der Waals surface area contributed by atoms with Crippen molar-refractivity contribution in [2.75, 3.05) is 0 Å². The van der Waals surface area contributed by atoms with E-state index in [9.17, 15) is 0 Å². The number of rotatable bonds is 3. The minimum atomic E-state index is -0.224. The summed E-state index contributed by atoms with van der Waals surface area (Å²) in [7, 11) is 0. The van der Waals surface area contributed by atoms with Crippen LogP contribution in [0.2, 0.25) is 0 Å². The molecule has 2 aromatic heterocycles. The molecule has 1 atom stereocenters. The maximum atomic E-state index is 5.96. The van der Waals surface area contributed by atoms with Crippen molar-refractivity contribution in [3.05, 3.63) is 29.9 Å². The van der Waals surface area contributed by atoms with E-state index in [1.165, 1.54) is 0 Å². The molecule has 0 aliphatic heterocycles. The minimum Gasteiger partial charge on any atom is -0.337 e. The lowest BCUT2D eigenvalue weighted by Crippen LogP contribution is -2.16. The first-order valence-corrected chi connectivity index (χ1v) is 5.59. The highest BCUT2D eigenvalue weighted by Gasteiger charge is 2.19. The lowest BCUT2D eigenvalue weighted by atomic mass is 10.1. The van der Waals surface area contributed by atoms with Gasteiger partial charge >= 0.3 is 0 Å². The van der Waals surface area contributed by atoms with Gasteiger partial charge in [-0.1, -0.05) is 19.0 Å². The van der Waals surface area contributed by atoms with Crippen molar-refractivity contribution in [3.63, 3.8) is 0 Å². The number of hydrogen-bond acceptors (Lipinski definition) is 5. The molecule has 0 aliphatic rings. The molecule has 0 saturated heterocycles. The summed E-state index contributed by atoms with van der Waals surface area (Å²) in [5.41, 5.74) is 7.89. The Balaban J connectivity index is 2.34. The molecule has 5 heteroatoms. The Morgan fingerprint density at radius 1 is 1.35 bits per heavy atom. The second kappa shape index (κ2) is 4.63. The van der Waals surface area contributed by atoms with Crippen molar-refractivity contribution in [3.8, 4) is 11.4 Å². The normalized spacial score (nSPS) is 13.0. The van der Waals surface area contributed by atoms with E-state index in [0.29, 0.717) is 11.7 Å². The molecule has 0 saturated carbocycles. The number of hydrogen-bond donors (Lipinski definition) is 1. The highest BCUT2D eigenvalue weighted by atomic mass is 16.5. The first kappa shape index (κ1) is 11.7. The number of aromatic nitrogens is 3. The first-order chi connectivity index (χ1) is 8.09. The summed E-state index contributed by atoms with van der Waals surface area (Å²) in [6, 6.07) is 1.64. The van der Waals surface area contributed by atoms with Gasteiger partial charge in [0.15, 0.2) is 0 Å². The van der Waals surface area contributed by atoms with Crippen LogP contribution in [-0.4, -0.2) is 15.1 Å². The standard InChI is InChI=1S/C12H16N4O/c1-7(2)10(13)12-15-11(16-17-12)9-4-5-14-6-8(9)3/h4-7,10H,13H2,1-3H3/t10-/m0/s1. The third-order valence-electron chi connectivity index (χ3n) is 2.71. The fraction of sp³-hybridized carbons (Fsp3) is 0.417. The zero-order valence-corrected chi connectivity index (χ0v) is 10.2. The SMILES string of the molecule is Cc1cnccc1-c1noc([C@@H](N)C(C)C)n1. The molecule has 0 aliphatic carbocycles. The molecule has 2 heterocycles. The van der Waals surface area contributed by atoms with Crippen LogP contribution in [0.3, 0.4) is 0 Å². The van der Waals surface area contributed by atoms with Crippen LogP contribution in [0.5, 0.6) is 0 Å². The molecule has 0 spiro atoms. The first-order valence-electron chi connectivity index (χ1n) is 5.59. The quantitative estimate of drug-likeness (QED) is 0.876. The lowest BCUT2D eigenvalue weighted by molar-refractivity contribution is 0.325. The summed E-state index contributed by atoms with van der Waals surface area (Å²) in [6.07, 6.45) is 3.48. The zero-order valence-electron chi connectivity index (χ0n) is 10.2. The van der Waals surface area contributed by atoms with Gasteiger partial charge in [0.2, 0.25) is 11.7 Å². The van der Waals surface area contributed by atoms with Crippen molar-refractivity contribution in [1.29, 1.82) is 0 Å². The van der Waals surface area contributed by atoms with E-state index in [0.717, 1.165) is 11.1 Å². The van der Waals surface area contributed by atoms with Gasteiger partial charge < -0.3 is 10.3 Å². The topological polar surface area (TPSA) is 77.8 Å². The third kappa shape index (κ3) is 2.34. The van der Waals surface area contributed by atoms with Gasteiger partial charge in [0.05, 0.1) is 6.04 Å². The van der Waals surface area contributed by atoms with Crippen molar-refractivity contribution in [1.82, 2.24) is 15.1 Å². The smallest absolute Gasteiger partial charge is 0.244 e. The van der Waals surface area contributed by atoms with E-state index in [2.05, 4.69) is 15.1 Å².